The van der Waals surface area contributed by atoms with Crippen LogP contribution in [0.1, 0.15) is 64.7 Å². The Bertz CT molecular complexity index is 1020. The highest BCUT2D eigenvalue weighted by Gasteiger charge is 2.38. The van der Waals surface area contributed by atoms with Gasteiger partial charge in [-0.1, -0.05) is 6.42 Å². The molecule has 0 aromatic carbocycles. The second kappa shape index (κ2) is 23.3. The maximum absolute atomic E-state index is 12.5. The molecule has 2 radical (unpaired) electrons. The predicted molar refractivity (Wildman–Crippen MR) is 168 cm³/mol. The van der Waals surface area contributed by atoms with Gasteiger partial charge in [0, 0.05) is 32.4 Å². The molecule has 0 bridgehead atoms. The van der Waals surface area contributed by atoms with E-state index in [1.54, 1.807) is 0 Å². The van der Waals surface area contributed by atoms with Crippen LogP contribution in [0.15, 0.2) is 0 Å². The van der Waals surface area contributed by atoms with E-state index < -0.39 is 17.1 Å². The fraction of sp³-hybridized carbons (Fsp3) is 0.704. The predicted octanol–water partition coefficient (Wildman–Crippen LogP) is -1.05. The molecule has 0 aliphatic carbocycles. The Morgan fingerprint density at radius 3 is 1.95 bits per heavy atom. The number of rotatable bonds is 24. The van der Waals surface area contributed by atoms with Crippen LogP contribution in [-0.4, -0.2) is 115 Å². The lowest BCUT2D eigenvalue weighted by molar-refractivity contribution is -0.138. The standard InChI is InChI=1S/C27H43BN6O8S2/c1-2-29-21(36)9-6-11-34-26(41)14-19(27(34)42)44-13-7-10-22(37)30-15-23(38)31-16-24(39)32-17-25(40)33-18-43-12-5-3-4-8-20(28)35/h19H,2-18H2,1H3,(H,29,36)(H,30,37)(H,31,38)(H,32,39)(H,33,40). The molecular weight excluding hydrogens is 611 g/mol. The molecule has 0 saturated carbocycles. The lowest BCUT2D eigenvalue weighted by Gasteiger charge is -2.14. The Balaban J connectivity index is 2.07. The molecule has 1 rings (SSSR count). The first kappa shape index (κ1) is 38.9. The largest absolute Gasteiger partial charge is 0.356 e. The van der Waals surface area contributed by atoms with Crippen LogP contribution in [0.5, 0.6) is 0 Å². The molecule has 0 aromatic rings. The summed E-state index contributed by atoms with van der Waals surface area (Å²) >= 11 is 2.82. The van der Waals surface area contributed by atoms with Gasteiger partial charge in [0.1, 0.15) is 0 Å². The van der Waals surface area contributed by atoms with Crippen molar-refractivity contribution in [2.45, 2.75) is 70.0 Å². The van der Waals surface area contributed by atoms with Crippen molar-refractivity contribution in [2.75, 3.05) is 50.1 Å². The molecule has 14 nitrogen and oxygen atoms in total. The molecule has 1 fully saturated rings. The van der Waals surface area contributed by atoms with Crippen LogP contribution in [0.25, 0.3) is 0 Å². The lowest BCUT2D eigenvalue weighted by atomic mass is 9.97. The molecule has 1 aliphatic rings. The van der Waals surface area contributed by atoms with Gasteiger partial charge in [-0.05, 0) is 50.5 Å². The fourth-order valence-electron chi connectivity index (χ4n) is 3.86. The van der Waals surface area contributed by atoms with Crippen LogP contribution < -0.4 is 26.6 Å². The second-order valence-corrected chi connectivity index (χ2v) is 12.3. The molecule has 0 aromatic heterocycles. The van der Waals surface area contributed by atoms with Crippen molar-refractivity contribution in [1.29, 1.82) is 0 Å². The van der Waals surface area contributed by atoms with Gasteiger partial charge in [-0.3, -0.25) is 38.5 Å². The highest BCUT2D eigenvalue weighted by molar-refractivity contribution is 8.00. The van der Waals surface area contributed by atoms with E-state index in [0.717, 1.165) is 25.0 Å². The zero-order chi connectivity index (χ0) is 32.7. The van der Waals surface area contributed by atoms with Gasteiger partial charge in [0.15, 0.2) is 7.85 Å². The average Bonchev–Trinajstić information content (AvgIpc) is 3.24. The Hall–Kier alpha value is -3.08. The van der Waals surface area contributed by atoms with Crippen molar-refractivity contribution in [3.8, 4) is 0 Å². The van der Waals surface area contributed by atoms with E-state index >= 15 is 0 Å². The summed E-state index contributed by atoms with van der Waals surface area (Å²) in [5, 5.41) is 12.0. The first-order valence-electron chi connectivity index (χ1n) is 14.7. The minimum Gasteiger partial charge on any atom is -0.356 e. The Labute approximate surface area is 267 Å². The third-order valence-electron chi connectivity index (χ3n) is 6.15. The molecule has 1 unspecified atom stereocenters. The van der Waals surface area contributed by atoms with Gasteiger partial charge >= 0.3 is 0 Å². The Morgan fingerprint density at radius 2 is 1.32 bits per heavy atom. The van der Waals surface area contributed by atoms with Gasteiger partial charge < -0.3 is 31.4 Å². The van der Waals surface area contributed by atoms with Crippen LogP contribution in [0.3, 0.4) is 0 Å². The molecule has 1 aliphatic heterocycles. The van der Waals surface area contributed by atoms with E-state index in [0.29, 0.717) is 37.4 Å². The molecule has 0 spiro atoms. The van der Waals surface area contributed by atoms with Gasteiger partial charge in [0.2, 0.25) is 41.4 Å². The number of likely N-dealkylation sites (tertiary alicyclic amines) is 1. The summed E-state index contributed by atoms with van der Waals surface area (Å²) in [7, 11) is 5.08. The number of hydrogen-bond acceptors (Lipinski definition) is 10. The van der Waals surface area contributed by atoms with Crippen LogP contribution >= 0.6 is 23.5 Å². The smallest absolute Gasteiger partial charge is 0.242 e. The fourth-order valence-corrected chi connectivity index (χ4v) is 5.80. The summed E-state index contributed by atoms with van der Waals surface area (Å²) < 4.78 is 0. The summed E-state index contributed by atoms with van der Waals surface area (Å²) in [5.74, 6) is -0.843. The molecular formula is C27H43BN6O8S2. The van der Waals surface area contributed by atoms with E-state index in [2.05, 4.69) is 26.6 Å². The normalized spacial score (nSPS) is 14.2. The zero-order valence-electron chi connectivity index (χ0n) is 25.2. The summed E-state index contributed by atoms with van der Waals surface area (Å²) in [6.45, 7) is 1.64. The van der Waals surface area contributed by atoms with Crippen molar-refractivity contribution >= 4 is 78.4 Å². The van der Waals surface area contributed by atoms with E-state index in [1.165, 1.54) is 28.4 Å². The van der Waals surface area contributed by atoms with Gasteiger partial charge in [0.25, 0.3) is 0 Å². The molecule has 44 heavy (non-hydrogen) atoms. The monoisotopic (exact) mass is 654 g/mol. The number of thioether (sulfide) groups is 2. The third-order valence-corrected chi connectivity index (χ3v) is 8.37. The maximum Gasteiger partial charge on any atom is 0.242 e. The molecule has 17 heteroatoms. The molecule has 1 saturated heterocycles. The van der Waals surface area contributed by atoms with Gasteiger partial charge in [-0.15, -0.1) is 23.5 Å². The minimum atomic E-state index is -0.568. The second-order valence-electron chi connectivity index (χ2n) is 9.87. The van der Waals surface area contributed by atoms with E-state index in [-0.39, 0.29) is 80.7 Å². The summed E-state index contributed by atoms with van der Waals surface area (Å²) in [4.78, 5) is 95.7. The van der Waals surface area contributed by atoms with Gasteiger partial charge in [-0.25, -0.2) is 0 Å². The zero-order valence-corrected chi connectivity index (χ0v) is 26.8. The first-order chi connectivity index (χ1) is 21.0. The van der Waals surface area contributed by atoms with Crippen molar-refractivity contribution < 1.29 is 38.4 Å². The number of nitrogens with one attached hydrogen (secondary N) is 5. The summed E-state index contributed by atoms with van der Waals surface area (Å²) in [6.07, 6.45) is 4.20. The number of unbranched alkanes of at least 4 members (excludes halogenated alkanes) is 2. The van der Waals surface area contributed by atoms with E-state index in [9.17, 15) is 38.4 Å². The Morgan fingerprint density at radius 1 is 0.727 bits per heavy atom. The van der Waals surface area contributed by atoms with E-state index in [4.69, 9.17) is 7.85 Å². The number of carbonyl (C=O) groups excluding carboxylic acids is 8. The van der Waals surface area contributed by atoms with Crippen molar-refractivity contribution in [2.24, 2.45) is 0 Å². The quantitative estimate of drug-likeness (QED) is 0.0371. The Kier molecular flexibility index (Phi) is 20.6. The third kappa shape index (κ3) is 18.6. The number of nitrogens with zero attached hydrogens (tertiary/aromatic N) is 1. The van der Waals surface area contributed by atoms with Crippen LogP contribution in [0.2, 0.25) is 0 Å². The van der Waals surface area contributed by atoms with Crippen LogP contribution in [0, 0.1) is 0 Å². The van der Waals surface area contributed by atoms with Crippen molar-refractivity contribution in [1.82, 2.24) is 31.5 Å². The van der Waals surface area contributed by atoms with Crippen molar-refractivity contribution in [3.63, 3.8) is 0 Å². The van der Waals surface area contributed by atoms with Crippen molar-refractivity contribution in [3.05, 3.63) is 0 Å². The minimum absolute atomic E-state index is 0.0934. The number of imide groups is 1. The summed E-state index contributed by atoms with van der Waals surface area (Å²) in [5.41, 5.74) is -0.311. The first-order valence-corrected chi connectivity index (χ1v) is 16.9. The SMILES string of the molecule is [B]C(=O)CCCCCSCNC(=O)CNC(=O)CNC(=O)CNC(=O)CCCSC1CC(=O)N(CCCC(=O)NCC)C1=O. The molecule has 7 amide bonds. The highest BCUT2D eigenvalue weighted by Crippen LogP contribution is 2.26. The number of hydrogen-bond donors (Lipinski definition) is 5. The lowest BCUT2D eigenvalue weighted by Crippen LogP contribution is -2.44. The number of amides is 7. The molecule has 244 valence electrons. The van der Waals surface area contributed by atoms with Gasteiger partial charge in [0.05, 0.1) is 36.4 Å². The highest BCUT2D eigenvalue weighted by atomic mass is 32.2. The number of carbonyl (C=O) groups is 8. The maximum atomic E-state index is 12.5. The van der Waals surface area contributed by atoms with Crippen LogP contribution in [-0.2, 0) is 38.4 Å². The van der Waals surface area contributed by atoms with E-state index in [1.807, 2.05) is 6.92 Å². The summed E-state index contributed by atoms with van der Waals surface area (Å²) in [6, 6.07) is 0. The topological polar surface area (TPSA) is 200 Å². The average molecular weight is 655 g/mol. The molecule has 1 heterocycles. The molecule has 1 atom stereocenters. The van der Waals surface area contributed by atoms with Gasteiger partial charge in [-0.2, -0.15) is 0 Å². The van der Waals surface area contributed by atoms with Crippen LogP contribution in [0.4, 0.5) is 0 Å². The molecule has 5 N–H and O–H groups in total.